The van der Waals surface area contributed by atoms with Crippen LogP contribution in [0.1, 0.15) is 33.1 Å². The van der Waals surface area contributed by atoms with Crippen LogP contribution in [0.25, 0.3) is 0 Å². The van der Waals surface area contributed by atoms with Crippen molar-refractivity contribution in [1.29, 1.82) is 0 Å². The van der Waals surface area contributed by atoms with Gasteiger partial charge in [0.2, 0.25) is 0 Å². The van der Waals surface area contributed by atoms with E-state index < -0.39 is 12.1 Å². The zero-order valence-electron chi connectivity index (χ0n) is 10.6. The highest BCUT2D eigenvalue weighted by molar-refractivity contribution is 4.88. The third kappa shape index (κ3) is 3.36. The lowest BCUT2D eigenvalue weighted by atomic mass is 9.78. The van der Waals surface area contributed by atoms with Gasteiger partial charge in [0.05, 0.1) is 5.92 Å². The van der Waals surface area contributed by atoms with Crippen LogP contribution in [0.5, 0.6) is 0 Å². The van der Waals surface area contributed by atoms with Gasteiger partial charge >= 0.3 is 6.18 Å². The number of piperidine rings is 1. The van der Waals surface area contributed by atoms with Gasteiger partial charge in [0.1, 0.15) is 0 Å². The molecule has 0 spiro atoms. The molecule has 1 aliphatic carbocycles. The maximum atomic E-state index is 12.9. The maximum Gasteiger partial charge on any atom is 0.392 e. The predicted molar refractivity (Wildman–Crippen MR) is 61.7 cm³/mol. The molecule has 0 unspecified atom stereocenters. The van der Waals surface area contributed by atoms with Crippen LogP contribution < -0.4 is 0 Å². The third-order valence-electron chi connectivity index (χ3n) is 4.23. The van der Waals surface area contributed by atoms with Crippen LogP contribution in [-0.2, 0) is 0 Å². The Morgan fingerprint density at radius 1 is 1.18 bits per heavy atom. The van der Waals surface area contributed by atoms with Crippen LogP contribution in [0.15, 0.2) is 0 Å². The molecule has 2 fully saturated rings. The SMILES string of the molecule is CC(C)[C@H]1CN(CC2CC2)CC[C@@H]1C(F)(F)F. The van der Waals surface area contributed by atoms with Gasteiger partial charge in [-0.05, 0) is 43.6 Å². The Bertz CT molecular complexity index is 258. The van der Waals surface area contributed by atoms with E-state index in [4.69, 9.17) is 0 Å². The number of hydrogen-bond acceptors (Lipinski definition) is 1. The van der Waals surface area contributed by atoms with E-state index in [9.17, 15) is 13.2 Å². The van der Waals surface area contributed by atoms with E-state index in [1.54, 1.807) is 0 Å². The van der Waals surface area contributed by atoms with Crippen molar-refractivity contribution < 1.29 is 13.2 Å². The van der Waals surface area contributed by atoms with Crippen molar-refractivity contribution in [1.82, 2.24) is 4.90 Å². The molecule has 1 nitrogen and oxygen atoms in total. The van der Waals surface area contributed by atoms with Crippen molar-refractivity contribution in [2.45, 2.75) is 39.3 Å². The van der Waals surface area contributed by atoms with E-state index in [0.717, 1.165) is 12.5 Å². The lowest BCUT2D eigenvalue weighted by Crippen LogP contribution is -2.48. The monoisotopic (exact) mass is 249 g/mol. The first-order valence-electron chi connectivity index (χ1n) is 6.67. The van der Waals surface area contributed by atoms with Gasteiger partial charge in [-0.3, -0.25) is 0 Å². The molecular formula is C13H22F3N. The summed E-state index contributed by atoms with van der Waals surface area (Å²) < 4.78 is 38.8. The summed E-state index contributed by atoms with van der Waals surface area (Å²) in [7, 11) is 0. The first-order valence-corrected chi connectivity index (χ1v) is 6.67. The van der Waals surface area contributed by atoms with Gasteiger partial charge in [-0.2, -0.15) is 13.2 Å². The van der Waals surface area contributed by atoms with E-state index in [1.165, 1.54) is 12.8 Å². The molecule has 0 aromatic heterocycles. The van der Waals surface area contributed by atoms with Crippen LogP contribution in [0.2, 0.25) is 0 Å². The van der Waals surface area contributed by atoms with Gasteiger partial charge in [-0.25, -0.2) is 0 Å². The van der Waals surface area contributed by atoms with Gasteiger partial charge in [-0.1, -0.05) is 13.8 Å². The minimum atomic E-state index is -4.01. The zero-order chi connectivity index (χ0) is 12.6. The summed E-state index contributed by atoms with van der Waals surface area (Å²) in [6.45, 7) is 6.13. The fourth-order valence-electron chi connectivity index (χ4n) is 2.97. The molecule has 0 aromatic rings. The molecule has 0 aromatic carbocycles. The average molecular weight is 249 g/mol. The van der Waals surface area contributed by atoms with Crippen molar-refractivity contribution in [3.63, 3.8) is 0 Å². The summed E-state index contributed by atoms with van der Waals surface area (Å²) in [5.41, 5.74) is 0. The Kier molecular flexibility index (Phi) is 3.71. The van der Waals surface area contributed by atoms with E-state index >= 15 is 0 Å². The lowest BCUT2D eigenvalue weighted by Gasteiger charge is -2.41. The molecule has 1 saturated heterocycles. The molecule has 0 radical (unpaired) electrons. The van der Waals surface area contributed by atoms with E-state index in [-0.39, 0.29) is 11.8 Å². The van der Waals surface area contributed by atoms with Crippen LogP contribution in [0, 0.1) is 23.7 Å². The van der Waals surface area contributed by atoms with Crippen molar-refractivity contribution in [3.05, 3.63) is 0 Å². The molecular weight excluding hydrogens is 227 g/mol. The Labute approximate surface area is 101 Å². The largest absolute Gasteiger partial charge is 0.392 e. The van der Waals surface area contributed by atoms with Crippen LogP contribution in [-0.4, -0.2) is 30.7 Å². The first-order chi connectivity index (χ1) is 7.88. The summed E-state index contributed by atoms with van der Waals surface area (Å²) in [6.07, 6.45) is -1.18. The third-order valence-corrected chi connectivity index (χ3v) is 4.23. The number of rotatable bonds is 3. The van der Waals surface area contributed by atoms with E-state index in [0.29, 0.717) is 19.5 Å². The highest BCUT2D eigenvalue weighted by Gasteiger charge is 2.47. The fraction of sp³-hybridized carbons (Fsp3) is 1.00. The first kappa shape index (κ1) is 13.2. The van der Waals surface area contributed by atoms with Gasteiger partial charge in [0.25, 0.3) is 0 Å². The number of halogens is 3. The highest BCUT2D eigenvalue weighted by atomic mass is 19.4. The minimum Gasteiger partial charge on any atom is -0.303 e. The standard InChI is InChI=1S/C13H22F3N/c1-9(2)11-8-17(7-10-3-4-10)6-5-12(11)13(14,15)16/h9-12H,3-8H2,1-2H3/t11-,12+/m1/s1. The van der Waals surface area contributed by atoms with E-state index in [1.807, 2.05) is 13.8 Å². The number of alkyl halides is 3. The molecule has 2 aliphatic rings. The van der Waals surface area contributed by atoms with Crippen molar-refractivity contribution in [3.8, 4) is 0 Å². The Balaban J connectivity index is 1.97. The normalized spacial score (nSPS) is 32.1. The number of hydrogen-bond donors (Lipinski definition) is 0. The molecule has 17 heavy (non-hydrogen) atoms. The van der Waals surface area contributed by atoms with Gasteiger partial charge in [0.15, 0.2) is 0 Å². The smallest absolute Gasteiger partial charge is 0.303 e. The van der Waals surface area contributed by atoms with E-state index in [2.05, 4.69) is 4.90 Å². The molecule has 0 bridgehead atoms. The minimum absolute atomic E-state index is 0.114. The van der Waals surface area contributed by atoms with Crippen molar-refractivity contribution in [2.24, 2.45) is 23.7 Å². The van der Waals surface area contributed by atoms with Gasteiger partial charge in [-0.15, -0.1) is 0 Å². The summed E-state index contributed by atoms with van der Waals surface area (Å²) in [4.78, 5) is 2.25. The van der Waals surface area contributed by atoms with Crippen LogP contribution >= 0.6 is 0 Å². The molecule has 4 heteroatoms. The molecule has 2 rings (SSSR count). The average Bonchev–Trinajstić information content (AvgIpc) is 2.99. The molecule has 100 valence electrons. The highest BCUT2D eigenvalue weighted by Crippen LogP contribution is 2.42. The van der Waals surface area contributed by atoms with Crippen LogP contribution in [0.4, 0.5) is 13.2 Å². The number of likely N-dealkylation sites (tertiary alicyclic amines) is 1. The predicted octanol–water partition coefficient (Wildman–Crippen LogP) is 3.55. The Morgan fingerprint density at radius 3 is 2.29 bits per heavy atom. The zero-order valence-corrected chi connectivity index (χ0v) is 10.6. The van der Waals surface area contributed by atoms with Crippen LogP contribution in [0.3, 0.4) is 0 Å². The number of nitrogens with zero attached hydrogens (tertiary/aromatic N) is 1. The molecule has 1 saturated carbocycles. The molecule has 0 amide bonds. The molecule has 0 N–H and O–H groups in total. The molecule has 1 aliphatic heterocycles. The van der Waals surface area contributed by atoms with Gasteiger partial charge in [0, 0.05) is 13.1 Å². The van der Waals surface area contributed by atoms with Crippen molar-refractivity contribution >= 4 is 0 Å². The summed E-state index contributed by atoms with van der Waals surface area (Å²) >= 11 is 0. The van der Waals surface area contributed by atoms with Crippen molar-refractivity contribution in [2.75, 3.05) is 19.6 Å². The fourth-order valence-corrected chi connectivity index (χ4v) is 2.97. The molecule has 1 heterocycles. The quantitative estimate of drug-likeness (QED) is 0.739. The molecule has 2 atom stereocenters. The lowest BCUT2D eigenvalue weighted by molar-refractivity contribution is -0.205. The topological polar surface area (TPSA) is 3.24 Å². The maximum absolute atomic E-state index is 12.9. The summed E-state index contributed by atoms with van der Waals surface area (Å²) in [6, 6.07) is 0. The van der Waals surface area contributed by atoms with Gasteiger partial charge < -0.3 is 4.90 Å². The summed E-state index contributed by atoms with van der Waals surface area (Å²) in [5.74, 6) is -0.422. The second-order valence-electron chi connectivity index (χ2n) is 6.05. The Morgan fingerprint density at radius 2 is 1.82 bits per heavy atom. The second-order valence-corrected chi connectivity index (χ2v) is 6.05. The summed E-state index contributed by atoms with van der Waals surface area (Å²) in [5, 5.41) is 0. The Hall–Kier alpha value is -0.250. The second kappa shape index (κ2) is 4.79.